The number of halogens is 1. The van der Waals surface area contributed by atoms with Crippen LogP contribution in [0.2, 0.25) is 0 Å². The molecule has 186 valence electrons. The molecular weight excluding hydrogens is 448 g/mol. The van der Waals surface area contributed by atoms with Crippen LogP contribution in [0, 0.1) is 0 Å². The zero-order chi connectivity index (χ0) is 22.6. The summed E-state index contributed by atoms with van der Waals surface area (Å²) < 4.78 is 0. The minimum atomic E-state index is -0.484. The summed E-state index contributed by atoms with van der Waals surface area (Å²) in [6.07, 6.45) is 11.6. The number of hydroxylamine groups is 4. The molecule has 4 aliphatic rings. The number of rotatable bonds is 9. The average molecular weight is 485 g/mol. The van der Waals surface area contributed by atoms with Crippen LogP contribution in [0.5, 0.6) is 0 Å². The van der Waals surface area contributed by atoms with Gasteiger partial charge in [-0.05, 0) is 64.2 Å². The molecule has 0 unspecified atom stereocenters. The molecule has 2 heterocycles. The van der Waals surface area contributed by atoms with E-state index in [0.29, 0.717) is 13.2 Å². The summed E-state index contributed by atoms with van der Waals surface area (Å²) in [4.78, 5) is 29.2. The fourth-order valence-electron chi connectivity index (χ4n) is 5.07. The second-order valence-electron chi connectivity index (χ2n) is 8.93. The Morgan fingerprint density at radius 1 is 0.636 bits per heavy atom. The second kappa shape index (κ2) is 10.7. The molecule has 2 aliphatic heterocycles. The standard InChI is InChI=1S/C20H36N10O2.ClH/c21-15-25-17(23)29(19(27-15)9-3-4-10-19)31-13-7-1-2-8-14-32-30-18(24)26-16(22)28-20(30)11-5-6-12-20;/h1-14H2,(H4,21,23,25,27)(H4,22,24,26,28);1H. The molecule has 0 saturated heterocycles. The Hall–Kier alpha value is -2.31. The van der Waals surface area contributed by atoms with Crippen LogP contribution in [0.4, 0.5) is 0 Å². The van der Waals surface area contributed by atoms with Crippen molar-refractivity contribution < 1.29 is 9.68 Å². The zero-order valence-electron chi connectivity index (χ0n) is 19.1. The predicted molar refractivity (Wildman–Crippen MR) is 130 cm³/mol. The van der Waals surface area contributed by atoms with Crippen molar-refractivity contribution in [2.45, 2.75) is 88.4 Å². The molecule has 0 bridgehead atoms. The summed E-state index contributed by atoms with van der Waals surface area (Å²) in [7, 11) is 0. The van der Waals surface area contributed by atoms with Gasteiger partial charge in [0.05, 0.1) is 13.2 Å². The topological polar surface area (TPSA) is 178 Å². The van der Waals surface area contributed by atoms with Gasteiger partial charge in [0.2, 0.25) is 23.8 Å². The van der Waals surface area contributed by atoms with Crippen molar-refractivity contribution in [3.8, 4) is 0 Å². The van der Waals surface area contributed by atoms with E-state index in [9.17, 15) is 0 Å². The maximum absolute atomic E-state index is 6.08. The summed E-state index contributed by atoms with van der Waals surface area (Å²) >= 11 is 0. The summed E-state index contributed by atoms with van der Waals surface area (Å²) in [5.41, 5.74) is 22.8. The first kappa shape index (κ1) is 25.3. The molecule has 13 heteroatoms. The normalized spacial score (nSPS) is 23.3. The lowest BCUT2D eigenvalue weighted by atomic mass is 10.1. The van der Waals surface area contributed by atoms with Gasteiger partial charge >= 0.3 is 0 Å². The van der Waals surface area contributed by atoms with Crippen molar-refractivity contribution in [3.63, 3.8) is 0 Å². The van der Waals surface area contributed by atoms with Crippen LogP contribution in [0.25, 0.3) is 0 Å². The van der Waals surface area contributed by atoms with Gasteiger partial charge in [0.25, 0.3) is 0 Å². The predicted octanol–water partition coefficient (Wildman–Crippen LogP) is 1.26. The molecular formula is C20H37ClN10O2. The highest BCUT2D eigenvalue weighted by molar-refractivity contribution is 5.96. The van der Waals surface area contributed by atoms with Crippen molar-refractivity contribution in [1.82, 2.24) is 10.1 Å². The van der Waals surface area contributed by atoms with Crippen LogP contribution in [0.3, 0.4) is 0 Å². The number of hydrogen-bond donors (Lipinski definition) is 4. The minimum Gasteiger partial charge on any atom is -0.368 e. The van der Waals surface area contributed by atoms with Crippen LogP contribution in [0.15, 0.2) is 20.0 Å². The third-order valence-electron chi connectivity index (χ3n) is 6.56. The van der Waals surface area contributed by atoms with Crippen molar-refractivity contribution in [2.75, 3.05) is 13.2 Å². The van der Waals surface area contributed by atoms with E-state index < -0.39 is 11.3 Å². The van der Waals surface area contributed by atoms with E-state index in [1.165, 1.54) is 0 Å². The van der Waals surface area contributed by atoms with Crippen LogP contribution in [0.1, 0.15) is 77.0 Å². The lowest BCUT2D eigenvalue weighted by Crippen LogP contribution is -2.55. The molecule has 2 spiro atoms. The summed E-state index contributed by atoms with van der Waals surface area (Å²) in [5.74, 6) is 1.04. The third-order valence-corrected chi connectivity index (χ3v) is 6.56. The maximum atomic E-state index is 6.08. The Balaban J connectivity index is 0.00000306. The van der Waals surface area contributed by atoms with Gasteiger partial charge in [-0.1, -0.05) is 12.8 Å². The summed E-state index contributed by atoms with van der Waals surface area (Å²) in [6.45, 7) is 1.11. The Labute approximate surface area is 200 Å². The highest BCUT2D eigenvalue weighted by atomic mass is 35.5. The summed E-state index contributed by atoms with van der Waals surface area (Å²) in [5, 5.41) is 3.34. The van der Waals surface area contributed by atoms with Crippen LogP contribution >= 0.6 is 12.4 Å². The van der Waals surface area contributed by atoms with Crippen molar-refractivity contribution >= 4 is 36.2 Å². The van der Waals surface area contributed by atoms with E-state index in [1.54, 1.807) is 10.1 Å². The molecule has 2 saturated carbocycles. The fourth-order valence-corrected chi connectivity index (χ4v) is 5.07. The largest absolute Gasteiger partial charge is 0.368 e. The van der Waals surface area contributed by atoms with E-state index in [1.807, 2.05) is 0 Å². The number of unbranched alkanes of at least 4 members (excludes halogenated alkanes) is 3. The first-order chi connectivity index (χ1) is 15.4. The molecule has 0 aromatic heterocycles. The van der Waals surface area contributed by atoms with E-state index in [-0.39, 0.29) is 36.2 Å². The Morgan fingerprint density at radius 2 is 1.00 bits per heavy atom. The molecule has 0 aromatic carbocycles. The van der Waals surface area contributed by atoms with Gasteiger partial charge in [-0.15, -0.1) is 12.4 Å². The first-order valence-electron chi connectivity index (χ1n) is 11.7. The monoisotopic (exact) mass is 484 g/mol. The van der Waals surface area contributed by atoms with Gasteiger partial charge in [-0.25, -0.2) is 9.98 Å². The Kier molecular flexibility index (Phi) is 8.24. The quantitative estimate of drug-likeness (QED) is 0.353. The average Bonchev–Trinajstić information content (AvgIpc) is 3.38. The van der Waals surface area contributed by atoms with Gasteiger partial charge < -0.3 is 22.9 Å². The Bertz CT molecular complexity index is 737. The fraction of sp³-hybridized carbons (Fsp3) is 0.800. The van der Waals surface area contributed by atoms with E-state index >= 15 is 0 Å². The number of nitrogens with two attached hydrogens (primary N) is 4. The van der Waals surface area contributed by atoms with Crippen LogP contribution in [-0.2, 0) is 9.68 Å². The number of aliphatic imine (C=N–C) groups is 4. The molecule has 2 fully saturated rings. The lowest BCUT2D eigenvalue weighted by molar-refractivity contribution is -0.169. The van der Waals surface area contributed by atoms with E-state index in [0.717, 1.165) is 77.0 Å². The number of hydrogen-bond acceptors (Lipinski definition) is 12. The smallest absolute Gasteiger partial charge is 0.226 e. The highest BCUT2D eigenvalue weighted by Crippen LogP contribution is 2.39. The van der Waals surface area contributed by atoms with Crippen molar-refractivity contribution in [1.29, 1.82) is 0 Å². The highest BCUT2D eigenvalue weighted by Gasteiger charge is 2.45. The van der Waals surface area contributed by atoms with E-state index in [4.69, 9.17) is 32.6 Å². The summed E-state index contributed by atoms with van der Waals surface area (Å²) in [6, 6.07) is 0. The second-order valence-corrected chi connectivity index (χ2v) is 8.93. The molecule has 8 N–H and O–H groups in total. The SMILES string of the molecule is Cl.NC1=NC2(CCCC2)N(OCCCCCCON2C(N)=NC(N)=NC23CCCC3)C(N)=N1. The van der Waals surface area contributed by atoms with Gasteiger partial charge in [0.1, 0.15) is 0 Å². The molecule has 0 aromatic rings. The van der Waals surface area contributed by atoms with Crippen LogP contribution < -0.4 is 22.9 Å². The molecule has 12 nitrogen and oxygen atoms in total. The van der Waals surface area contributed by atoms with Crippen molar-refractivity contribution in [2.24, 2.45) is 42.9 Å². The van der Waals surface area contributed by atoms with Gasteiger partial charge in [-0.2, -0.15) is 20.1 Å². The van der Waals surface area contributed by atoms with Gasteiger partial charge in [-0.3, -0.25) is 9.68 Å². The molecule has 0 amide bonds. The molecule has 0 radical (unpaired) electrons. The first-order valence-corrected chi connectivity index (χ1v) is 11.7. The van der Waals surface area contributed by atoms with Crippen molar-refractivity contribution in [3.05, 3.63) is 0 Å². The lowest BCUT2D eigenvalue weighted by Gasteiger charge is -2.39. The molecule has 0 atom stereocenters. The molecule has 33 heavy (non-hydrogen) atoms. The number of guanidine groups is 4. The number of nitrogens with zero attached hydrogens (tertiary/aromatic N) is 6. The maximum Gasteiger partial charge on any atom is 0.226 e. The zero-order valence-corrected chi connectivity index (χ0v) is 19.9. The molecule has 2 aliphatic carbocycles. The van der Waals surface area contributed by atoms with Crippen LogP contribution in [-0.4, -0.2) is 58.5 Å². The van der Waals surface area contributed by atoms with E-state index in [2.05, 4.69) is 20.0 Å². The minimum absolute atomic E-state index is 0. The Morgan fingerprint density at radius 3 is 1.36 bits per heavy atom. The van der Waals surface area contributed by atoms with Gasteiger partial charge in [0.15, 0.2) is 11.3 Å². The van der Waals surface area contributed by atoms with Gasteiger partial charge in [0, 0.05) is 0 Å². The molecule has 4 rings (SSSR count). The third kappa shape index (κ3) is 5.44.